The zero-order chi connectivity index (χ0) is 15.1. The number of aromatic nitrogens is 1. The van der Waals surface area contributed by atoms with Crippen LogP contribution in [0.15, 0.2) is 22.6 Å². The summed E-state index contributed by atoms with van der Waals surface area (Å²) in [6, 6.07) is 3.09. The van der Waals surface area contributed by atoms with Crippen LogP contribution in [0.3, 0.4) is 0 Å². The lowest BCUT2D eigenvalue weighted by molar-refractivity contribution is -0.141. The molecule has 1 N–H and O–H groups in total. The summed E-state index contributed by atoms with van der Waals surface area (Å²) >= 11 is 5.50. The summed E-state index contributed by atoms with van der Waals surface area (Å²) in [5, 5.41) is 8.67. The monoisotopic (exact) mass is 309 g/mol. The Morgan fingerprint density at radius 1 is 1.35 bits per heavy atom. The number of nitrogens with zero attached hydrogens (tertiary/aromatic N) is 1. The van der Waals surface area contributed by atoms with Gasteiger partial charge in [-0.15, -0.1) is 0 Å². The molecule has 0 aliphatic carbocycles. The molecule has 2 aromatic rings. The van der Waals surface area contributed by atoms with Crippen LogP contribution in [0.5, 0.6) is 0 Å². The Bertz CT molecular complexity index is 681. The number of halogens is 5. The molecule has 1 aromatic carbocycles. The fourth-order valence-corrected chi connectivity index (χ4v) is 1.59. The predicted molar refractivity (Wildman–Crippen MR) is 58.9 cm³/mol. The van der Waals surface area contributed by atoms with Crippen LogP contribution in [-0.4, -0.2) is 16.1 Å². The molecule has 0 bridgehead atoms. The first-order chi connectivity index (χ1) is 9.20. The number of carbonyl (C=O) groups is 1. The number of oxazole rings is 1. The van der Waals surface area contributed by atoms with Crippen molar-refractivity contribution in [2.45, 2.75) is 6.18 Å². The number of aromatic carboxylic acids is 1. The van der Waals surface area contributed by atoms with Gasteiger partial charge < -0.3 is 9.52 Å². The normalized spacial score (nSPS) is 11.7. The number of carboxylic acids is 1. The molecule has 1 heterocycles. The Morgan fingerprint density at radius 3 is 2.45 bits per heavy atom. The van der Waals surface area contributed by atoms with Crippen LogP contribution in [0.25, 0.3) is 11.5 Å². The minimum Gasteiger partial charge on any atom is -0.475 e. The molecule has 4 nitrogen and oxygen atoms in total. The first kappa shape index (κ1) is 14.3. The molecule has 9 heteroatoms. The zero-order valence-electron chi connectivity index (χ0n) is 9.33. The van der Waals surface area contributed by atoms with Gasteiger partial charge in [0.2, 0.25) is 11.7 Å². The van der Waals surface area contributed by atoms with Gasteiger partial charge in [-0.2, -0.15) is 13.2 Å². The third-order valence-corrected chi connectivity index (χ3v) is 2.49. The van der Waals surface area contributed by atoms with Crippen molar-refractivity contribution in [3.63, 3.8) is 0 Å². The summed E-state index contributed by atoms with van der Waals surface area (Å²) in [5.41, 5.74) is -2.15. The molecular weight excluding hydrogens is 306 g/mol. The lowest BCUT2D eigenvalue weighted by Crippen LogP contribution is -2.11. The van der Waals surface area contributed by atoms with Crippen molar-refractivity contribution in [3.8, 4) is 11.5 Å². The van der Waals surface area contributed by atoms with Crippen LogP contribution < -0.4 is 0 Å². The topological polar surface area (TPSA) is 63.3 Å². The number of hydrogen-bond acceptors (Lipinski definition) is 3. The molecule has 0 radical (unpaired) electrons. The summed E-state index contributed by atoms with van der Waals surface area (Å²) in [6.45, 7) is 0. The van der Waals surface area contributed by atoms with E-state index in [-0.39, 0.29) is 5.02 Å². The number of benzene rings is 1. The summed E-state index contributed by atoms with van der Waals surface area (Å²) in [6.07, 6.45) is -5.03. The molecule has 106 valence electrons. The second-order valence-electron chi connectivity index (χ2n) is 3.62. The van der Waals surface area contributed by atoms with Crippen molar-refractivity contribution in [2.75, 3.05) is 0 Å². The number of alkyl halides is 3. The predicted octanol–water partition coefficient (Wildman–Crippen LogP) is 3.85. The fourth-order valence-electron chi connectivity index (χ4n) is 1.44. The van der Waals surface area contributed by atoms with Gasteiger partial charge in [0.1, 0.15) is 5.82 Å². The van der Waals surface area contributed by atoms with Crippen molar-refractivity contribution in [1.82, 2.24) is 4.98 Å². The van der Waals surface area contributed by atoms with Crippen LogP contribution in [0, 0.1) is 5.82 Å². The minimum atomic E-state index is -5.03. The maximum atomic E-state index is 13.6. The molecular formula is C11H4ClF4NO3. The van der Waals surface area contributed by atoms with Gasteiger partial charge in [-0.25, -0.2) is 14.2 Å². The van der Waals surface area contributed by atoms with Crippen molar-refractivity contribution < 1.29 is 31.9 Å². The zero-order valence-corrected chi connectivity index (χ0v) is 10.1. The van der Waals surface area contributed by atoms with E-state index < -0.39 is 40.9 Å². The van der Waals surface area contributed by atoms with E-state index in [1.54, 1.807) is 0 Å². The number of hydrogen-bond donors (Lipinski definition) is 1. The molecule has 0 aliphatic rings. The Hall–Kier alpha value is -2.09. The van der Waals surface area contributed by atoms with Gasteiger partial charge in [0.25, 0.3) is 0 Å². The molecule has 0 unspecified atom stereocenters. The lowest BCUT2D eigenvalue weighted by atomic mass is 10.2. The third kappa shape index (κ3) is 2.60. The highest BCUT2D eigenvalue weighted by atomic mass is 35.5. The molecule has 2 rings (SSSR count). The molecule has 20 heavy (non-hydrogen) atoms. The van der Waals surface area contributed by atoms with E-state index >= 15 is 0 Å². The first-order valence-electron chi connectivity index (χ1n) is 4.97. The standard InChI is InChI=1S/C11H4ClF4NO3/c12-4-1-2-5(6(13)3-4)9-17-8(11(14,15)16)7(20-9)10(18)19/h1-3H,(H,18,19). The molecule has 0 amide bonds. The van der Waals surface area contributed by atoms with Crippen molar-refractivity contribution in [3.05, 3.63) is 40.5 Å². The van der Waals surface area contributed by atoms with Gasteiger partial charge in [-0.05, 0) is 18.2 Å². The molecule has 0 spiro atoms. The number of carboxylic acid groups (broad SMARTS) is 1. The minimum absolute atomic E-state index is 0.0207. The van der Waals surface area contributed by atoms with Crippen LogP contribution in [0.4, 0.5) is 17.6 Å². The van der Waals surface area contributed by atoms with Gasteiger partial charge >= 0.3 is 12.1 Å². The fraction of sp³-hybridized carbons (Fsp3) is 0.0909. The Kier molecular flexibility index (Phi) is 3.43. The van der Waals surface area contributed by atoms with Crippen molar-refractivity contribution in [2.24, 2.45) is 0 Å². The SMILES string of the molecule is O=C(O)c1oc(-c2ccc(Cl)cc2F)nc1C(F)(F)F. The summed E-state index contributed by atoms with van der Waals surface area (Å²) in [7, 11) is 0. The summed E-state index contributed by atoms with van der Waals surface area (Å²) in [4.78, 5) is 13.7. The van der Waals surface area contributed by atoms with E-state index in [1.165, 1.54) is 6.07 Å². The van der Waals surface area contributed by atoms with Crippen LogP contribution in [0.1, 0.15) is 16.2 Å². The van der Waals surface area contributed by atoms with Gasteiger partial charge in [-0.1, -0.05) is 11.6 Å². The van der Waals surface area contributed by atoms with E-state index in [0.717, 1.165) is 12.1 Å². The lowest BCUT2D eigenvalue weighted by Gasteiger charge is -2.01. The average Bonchev–Trinajstić information content (AvgIpc) is 2.73. The van der Waals surface area contributed by atoms with Crippen molar-refractivity contribution >= 4 is 17.6 Å². The number of rotatable bonds is 2. The molecule has 0 aliphatic heterocycles. The van der Waals surface area contributed by atoms with Crippen LogP contribution >= 0.6 is 11.6 Å². The Labute approximate surface area is 113 Å². The molecule has 0 fully saturated rings. The van der Waals surface area contributed by atoms with Gasteiger partial charge in [0, 0.05) is 5.02 Å². The van der Waals surface area contributed by atoms with Gasteiger partial charge in [0.05, 0.1) is 5.56 Å². The summed E-state index contributed by atoms with van der Waals surface area (Å²) in [5.74, 6) is -5.12. The van der Waals surface area contributed by atoms with E-state index in [4.69, 9.17) is 16.7 Å². The molecule has 1 aromatic heterocycles. The quantitative estimate of drug-likeness (QED) is 0.856. The molecule has 0 atom stereocenters. The van der Waals surface area contributed by atoms with Gasteiger partial charge in [-0.3, -0.25) is 0 Å². The Morgan fingerprint density at radius 2 is 2.00 bits per heavy atom. The maximum Gasteiger partial charge on any atom is 0.437 e. The van der Waals surface area contributed by atoms with E-state index in [0.29, 0.717) is 0 Å². The van der Waals surface area contributed by atoms with E-state index in [1.807, 2.05) is 0 Å². The largest absolute Gasteiger partial charge is 0.475 e. The highest BCUT2D eigenvalue weighted by Crippen LogP contribution is 2.35. The van der Waals surface area contributed by atoms with Crippen LogP contribution in [-0.2, 0) is 6.18 Å². The molecule has 0 saturated heterocycles. The van der Waals surface area contributed by atoms with E-state index in [2.05, 4.69) is 9.40 Å². The highest BCUT2D eigenvalue weighted by Gasteiger charge is 2.41. The van der Waals surface area contributed by atoms with E-state index in [9.17, 15) is 22.4 Å². The second kappa shape index (κ2) is 4.78. The Balaban J connectivity index is 2.62. The van der Waals surface area contributed by atoms with Crippen molar-refractivity contribution in [1.29, 1.82) is 0 Å². The molecule has 0 saturated carbocycles. The third-order valence-electron chi connectivity index (χ3n) is 2.25. The van der Waals surface area contributed by atoms with Crippen LogP contribution in [0.2, 0.25) is 5.02 Å². The average molecular weight is 310 g/mol. The smallest absolute Gasteiger partial charge is 0.437 e. The van der Waals surface area contributed by atoms with Gasteiger partial charge in [0.15, 0.2) is 5.69 Å². The summed E-state index contributed by atoms with van der Waals surface area (Å²) < 4.78 is 55.9. The maximum absolute atomic E-state index is 13.6. The highest BCUT2D eigenvalue weighted by molar-refractivity contribution is 6.30. The second-order valence-corrected chi connectivity index (χ2v) is 4.06. The first-order valence-corrected chi connectivity index (χ1v) is 5.34.